The van der Waals surface area contributed by atoms with Gasteiger partial charge in [-0.2, -0.15) is 0 Å². The number of thiophene rings is 1. The van der Waals surface area contributed by atoms with Crippen LogP contribution in [0.2, 0.25) is 0 Å². The van der Waals surface area contributed by atoms with E-state index in [-0.39, 0.29) is 0 Å². The second-order valence-electron chi connectivity index (χ2n) is 9.16. The van der Waals surface area contributed by atoms with E-state index in [1.165, 1.54) is 49.4 Å². The number of hydrogen-bond acceptors (Lipinski definition) is 2. The van der Waals surface area contributed by atoms with Crippen molar-refractivity contribution in [3.05, 3.63) is 80.7 Å². The van der Waals surface area contributed by atoms with E-state index < -0.39 is 0 Å². The third-order valence-electron chi connectivity index (χ3n) is 6.37. The van der Waals surface area contributed by atoms with Gasteiger partial charge < -0.3 is 4.90 Å². The van der Waals surface area contributed by atoms with Crippen LogP contribution in [-0.2, 0) is 12.8 Å². The summed E-state index contributed by atoms with van der Waals surface area (Å²) < 4.78 is 0. The average Bonchev–Trinajstić information content (AvgIpc) is 3.16. The average molecular weight is 420 g/mol. The van der Waals surface area contributed by atoms with Gasteiger partial charge in [0.15, 0.2) is 0 Å². The highest BCUT2D eigenvalue weighted by Crippen LogP contribution is 2.30. The van der Waals surface area contributed by atoms with Crippen LogP contribution in [0.4, 0.5) is 0 Å². The molecule has 160 valence electrons. The molecule has 0 aliphatic rings. The molecule has 0 radical (unpaired) electrons. The molecule has 3 aromatic rings. The van der Waals surface area contributed by atoms with Crippen molar-refractivity contribution < 1.29 is 0 Å². The highest BCUT2D eigenvalue weighted by molar-refractivity contribution is 7.13. The maximum Gasteiger partial charge on any atom is 0.0345 e. The fourth-order valence-corrected chi connectivity index (χ4v) is 5.09. The topological polar surface area (TPSA) is 3.24 Å². The molecule has 0 N–H and O–H groups in total. The van der Waals surface area contributed by atoms with Gasteiger partial charge in [-0.05, 0) is 116 Å². The number of rotatable bonds is 8. The fraction of sp³-hybridized carbons (Fsp3) is 0.429. The Balaban J connectivity index is 1.74. The van der Waals surface area contributed by atoms with Crippen molar-refractivity contribution in [3.63, 3.8) is 0 Å². The van der Waals surface area contributed by atoms with Crippen molar-refractivity contribution in [1.29, 1.82) is 0 Å². The number of hydrogen-bond donors (Lipinski definition) is 0. The molecule has 0 bridgehead atoms. The summed E-state index contributed by atoms with van der Waals surface area (Å²) in [4.78, 5) is 3.78. The Morgan fingerprint density at radius 1 is 0.867 bits per heavy atom. The first-order valence-corrected chi connectivity index (χ1v) is 12.1. The molecule has 0 saturated carbocycles. The van der Waals surface area contributed by atoms with E-state index in [1.54, 1.807) is 0 Å². The first-order valence-electron chi connectivity index (χ1n) is 11.2. The minimum atomic E-state index is 0.677. The highest BCUT2D eigenvalue weighted by Gasteiger charge is 2.12. The van der Waals surface area contributed by atoms with Crippen molar-refractivity contribution in [3.8, 4) is 10.4 Å². The largest absolute Gasteiger partial charge is 0.306 e. The Kier molecular flexibility index (Phi) is 7.55. The van der Waals surface area contributed by atoms with Gasteiger partial charge in [-0.1, -0.05) is 44.2 Å². The molecular formula is C28H37NS. The predicted molar refractivity (Wildman–Crippen MR) is 134 cm³/mol. The van der Waals surface area contributed by atoms with Crippen molar-refractivity contribution in [2.24, 2.45) is 5.92 Å². The lowest BCUT2D eigenvalue weighted by molar-refractivity contribution is 0.298. The molecule has 1 atom stereocenters. The first kappa shape index (κ1) is 22.8. The molecule has 2 heteroatoms. The normalized spacial score (nSPS) is 12.5. The SMILES string of the molecule is CCN(C)C[C@H](C)Cc1cc(C)c(Cc2csc(-c3ccc(C)c(C)c3)c2)cc1C. The van der Waals surface area contributed by atoms with E-state index in [1.807, 2.05) is 11.3 Å². The Hall–Kier alpha value is -1.90. The molecule has 0 aliphatic carbocycles. The van der Waals surface area contributed by atoms with Gasteiger partial charge in [0.2, 0.25) is 0 Å². The van der Waals surface area contributed by atoms with Gasteiger partial charge >= 0.3 is 0 Å². The number of benzene rings is 2. The van der Waals surface area contributed by atoms with Gasteiger partial charge in [0.05, 0.1) is 0 Å². The van der Waals surface area contributed by atoms with Crippen LogP contribution < -0.4 is 0 Å². The molecule has 1 aromatic heterocycles. The summed E-state index contributed by atoms with van der Waals surface area (Å²) in [6, 6.07) is 14.0. The van der Waals surface area contributed by atoms with Crippen LogP contribution in [0.25, 0.3) is 10.4 Å². The minimum absolute atomic E-state index is 0.677. The maximum atomic E-state index is 2.43. The molecule has 0 aliphatic heterocycles. The quantitative estimate of drug-likeness (QED) is 0.368. The van der Waals surface area contributed by atoms with Crippen LogP contribution in [0.15, 0.2) is 41.8 Å². The third kappa shape index (κ3) is 5.62. The summed E-state index contributed by atoms with van der Waals surface area (Å²) in [6.45, 7) is 15.8. The summed E-state index contributed by atoms with van der Waals surface area (Å²) in [5.74, 6) is 0.677. The minimum Gasteiger partial charge on any atom is -0.306 e. The van der Waals surface area contributed by atoms with Crippen LogP contribution in [0.1, 0.15) is 52.8 Å². The zero-order chi connectivity index (χ0) is 21.8. The van der Waals surface area contributed by atoms with E-state index in [0.29, 0.717) is 5.92 Å². The van der Waals surface area contributed by atoms with Crippen molar-refractivity contribution in [2.45, 2.75) is 54.4 Å². The van der Waals surface area contributed by atoms with Crippen molar-refractivity contribution >= 4 is 11.3 Å². The van der Waals surface area contributed by atoms with Gasteiger partial charge in [0.25, 0.3) is 0 Å². The standard InChI is InChI=1S/C28H37NS/c1-8-29(7)17-19(2)11-26-13-23(6)27(14-22(26)5)15-24-16-28(30-18-24)25-10-9-20(3)21(4)12-25/h9-10,12-14,16,18-19H,8,11,15,17H2,1-7H3/t19-/m1/s1. The molecule has 0 saturated heterocycles. The second-order valence-corrected chi connectivity index (χ2v) is 10.1. The lowest BCUT2D eigenvalue weighted by atomic mass is 9.91. The van der Waals surface area contributed by atoms with Crippen LogP contribution in [0, 0.1) is 33.6 Å². The highest BCUT2D eigenvalue weighted by atomic mass is 32.1. The lowest BCUT2D eigenvalue weighted by Crippen LogP contribution is -2.25. The molecule has 0 fully saturated rings. The van der Waals surface area contributed by atoms with Gasteiger partial charge in [0.1, 0.15) is 0 Å². The summed E-state index contributed by atoms with van der Waals surface area (Å²) in [5.41, 5.74) is 11.3. The maximum absolute atomic E-state index is 2.43. The van der Waals surface area contributed by atoms with E-state index in [0.717, 1.165) is 25.9 Å². The zero-order valence-corrected chi connectivity index (χ0v) is 20.6. The van der Waals surface area contributed by atoms with Crippen LogP contribution >= 0.6 is 11.3 Å². The molecule has 30 heavy (non-hydrogen) atoms. The van der Waals surface area contributed by atoms with Gasteiger partial charge in [-0.3, -0.25) is 0 Å². The Morgan fingerprint density at radius 2 is 1.57 bits per heavy atom. The molecule has 0 unspecified atom stereocenters. The van der Waals surface area contributed by atoms with E-state index in [9.17, 15) is 0 Å². The smallest absolute Gasteiger partial charge is 0.0345 e. The summed E-state index contributed by atoms with van der Waals surface area (Å²) in [6.07, 6.45) is 2.18. The fourth-order valence-electron chi connectivity index (χ4n) is 4.18. The molecular weight excluding hydrogens is 382 g/mol. The summed E-state index contributed by atoms with van der Waals surface area (Å²) in [5, 5.41) is 2.33. The zero-order valence-electron chi connectivity index (χ0n) is 19.8. The van der Waals surface area contributed by atoms with Crippen LogP contribution in [0.3, 0.4) is 0 Å². The van der Waals surface area contributed by atoms with E-state index in [4.69, 9.17) is 0 Å². The predicted octanol–water partition coefficient (Wildman–Crippen LogP) is 7.37. The molecule has 1 heterocycles. The molecule has 2 aromatic carbocycles. The molecule has 1 nitrogen and oxygen atoms in total. The molecule has 3 rings (SSSR count). The lowest BCUT2D eigenvalue weighted by Gasteiger charge is -2.21. The number of nitrogens with zero attached hydrogens (tertiary/aromatic N) is 1. The number of aryl methyl sites for hydroxylation is 4. The Bertz CT molecular complexity index is 998. The van der Waals surface area contributed by atoms with E-state index >= 15 is 0 Å². The van der Waals surface area contributed by atoms with E-state index in [2.05, 4.69) is 95.3 Å². The first-order chi connectivity index (χ1) is 14.3. The van der Waals surface area contributed by atoms with Crippen LogP contribution in [-0.4, -0.2) is 25.0 Å². The van der Waals surface area contributed by atoms with Crippen LogP contribution in [0.5, 0.6) is 0 Å². The Labute approximate surface area is 187 Å². The van der Waals surface area contributed by atoms with Crippen molar-refractivity contribution in [1.82, 2.24) is 4.90 Å². The second kappa shape index (κ2) is 9.94. The van der Waals surface area contributed by atoms with Gasteiger partial charge in [0, 0.05) is 11.4 Å². The third-order valence-corrected chi connectivity index (χ3v) is 7.39. The Morgan fingerprint density at radius 3 is 2.27 bits per heavy atom. The summed E-state index contributed by atoms with van der Waals surface area (Å²) >= 11 is 1.86. The van der Waals surface area contributed by atoms with Crippen molar-refractivity contribution in [2.75, 3.05) is 20.1 Å². The molecule has 0 amide bonds. The summed E-state index contributed by atoms with van der Waals surface area (Å²) in [7, 11) is 2.21. The monoisotopic (exact) mass is 419 g/mol. The molecule has 0 spiro atoms. The van der Waals surface area contributed by atoms with Gasteiger partial charge in [-0.25, -0.2) is 0 Å². The van der Waals surface area contributed by atoms with Gasteiger partial charge in [-0.15, -0.1) is 11.3 Å².